The van der Waals surface area contributed by atoms with Crippen LogP contribution in [0.3, 0.4) is 0 Å². The zero-order valence-corrected chi connectivity index (χ0v) is 12.6. The minimum absolute atomic E-state index is 0. The molecule has 1 fully saturated rings. The molecule has 0 saturated carbocycles. The molecule has 1 atom stereocenters. The molecule has 0 spiro atoms. The van der Waals surface area contributed by atoms with Gasteiger partial charge in [-0.1, -0.05) is 32.0 Å². The molecule has 1 heterocycles. The van der Waals surface area contributed by atoms with E-state index in [-0.39, 0.29) is 24.2 Å². The molecule has 1 amide bonds. The van der Waals surface area contributed by atoms with Gasteiger partial charge in [0.2, 0.25) is 5.91 Å². The molecule has 1 saturated heterocycles. The summed E-state index contributed by atoms with van der Waals surface area (Å²) in [6, 6.07) is 6.17. The zero-order valence-electron chi connectivity index (χ0n) is 11.8. The summed E-state index contributed by atoms with van der Waals surface area (Å²) in [6.45, 7) is 8.10. The van der Waals surface area contributed by atoms with Gasteiger partial charge >= 0.3 is 0 Å². The minimum Gasteiger partial charge on any atom is -0.325 e. The normalized spacial score (nSPS) is 16.2. The van der Waals surface area contributed by atoms with Gasteiger partial charge in [0.05, 0.1) is 0 Å². The van der Waals surface area contributed by atoms with Crippen molar-refractivity contribution >= 4 is 24.0 Å². The third-order valence-corrected chi connectivity index (χ3v) is 3.92. The Hall–Kier alpha value is -1.06. The van der Waals surface area contributed by atoms with E-state index >= 15 is 0 Å². The Balaban J connectivity index is 0.00000180. The van der Waals surface area contributed by atoms with Crippen molar-refractivity contribution in [3.63, 3.8) is 0 Å². The van der Waals surface area contributed by atoms with Crippen LogP contribution in [0.1, 0.15) is 25.0 Å². The number of carbonyl (C=O) groups excluding carboxylic acids is 1. The van der Waals surface area contributed by atoms with Crippen LogP contribution in [0.5, 0.6) is 0 Å². The van der Waals surface area contributed by atoms with Crippen LogP contribution in [-0.4, -0.2) is 19.0 Å². The Bertz CT molecular complexity index is 444. The fourth-order valence-corrected chi connectivity index (χ4v) is 2.32. The predicted molar refractivity (Wildman–Crippen MR) is 82.0 cm³/mol. The third-order valence-electron chi connectivity index (χ3n) is 3.92. The number of benzene rings is 1. The number of para-hydroxylation sites is 1. The maximum atomic E-state index is 12.2. The van der Waals surface area contributed by atoms with Crippen molar-refractivity contribution in [2.45, 2.75) is 27.2 Å². The Morgan fingerprint density at radius 1 is 1.47 bits per heavy atom. The van der Waals surface area contributed by atoms with Crippen LogP contribution < -0.4 is 10.6 Å². The van der Waals surface area contributed by atoms with E-state index in [2.05, 4.69) is 23.6 Å². The second-order valence-electron chi connectivity index (χ2n) is 5.16. The van der Waals surface area contributed by atoms with Gasteiger partial charge in [-0.15, -0.1) is 12.4 Å². The van der Waals surface area contributed by atoms with E-state index in [4.69, 9.17) is 0 Å². The summed E-state index contributed by atoms with van der Waals surface area (Å²) >= 11 is 0. The first kappa shape index (κ1) is 16.0. The summed E-state index contributed by atoms with van der Waals surface area (Å²) in [5, 5.41) is 6.33. The number of hydrogen-bond donors (Lipinski definition) is 2. The van der Waals surface area contributed by atoms with E-state index in [1.54, 1.807) is 0 Å². The highest BCUT2D eigenvalue weighted by molar-refractivity contribution is 5.94. The second kappa shape index (κ2) is 6.92. The molecule has 0 aromatic heterocycles. The first-order valence-corrected chi connectivity index (χ1v) is 6.73. The number of nitrogens with one attached hydrogen (secondary N) is 2. The standard InChI is InChI=1S/C15H22N2O.ClH/c1-4-12-7-5-6-10(2)14(12)17-15(18)11(3)13-8-16-9-13;/h5-7,11,13,16H,4,8-9H2,1-3H3,(H,17,18);1H. The largest absolute Gasteiger partial charge is 0.325 e. The highest BCUT2D eigenvalue weighted by Gasteiger charge is 2.29. The number of aryl methyl sites for hydroxylation is 2. The molecule has 0 aliphatic carbocycles. The number of carbonyl (C=O) groups is 1. The summed E-state index contributed by atoms with van der Waals surface area (Å²) < 4.78 is 0. The monoisotopic (exact) mass is 282 g/mol. The summed E-state index contributed by atoms with van der Waals surface area (Å²) in [5.74, 6) is 0.708. The van der Waals surface area contributed by atoms with Gasteiger partial charge in [-0.05, 0) is 43.5 Å². The molecule has 2 N–H and O–H groups in total. The van der Waals surface area contributed by atoms with Gasteiger partial charge < -0.3 is 10.6 Å². The zero-order chi connectivity index (χ0) is 13.1. The maximum Gasteiger partial charge on any atom is 0.227 e. The lowest BCUT2D eigenvalue weighted by Gasteiger charge is -2.32. The summed E-state index contributed by atoms with van der Waals surface area (Å²) in [7, 11) is 0. The highest BCUT2D eigenvalue weighted by atomic mass is 35.5. The van der Waals surface area contributed by atoms with Crippen molar-refractivity contribution in [2.75, 3.05) is 18.4 Å². The number of hydrogen-bond acceptors (Lipinski definition) is 2. The van der Waals surface area contributed by atoms with Gasteiger partial charge in [0, 0.05) is 11.6 Å². The van der Waals surface area contributed by atoms with Crippen molar-refractivity contribution < 1.29 is 4.79 Å². The van der Waals surface area contributed by atoms with E-state index in [1.807, 2.05) is 26.0 Å². The smallest absolute Gasteiger partial charge is 0.227 e. The first-order chi connectivity index (χ1) is 8.63. The maximum absolute atomic E-state index is 12.2. The van der Waals surface area contributed by atoms with Crippen LogP contribution in [0.2, 0.25) is 0 Å². The molecule has 106 valence electrons. The van der Waals surface area contributed by atoms with Gasteiger partial charge in [-0.2, -0.15) is 0 Å². The van der Waals surface area contributed by atoms with Crippen molar-refractivity contribution in [1.82, 2.24) is 5.32 Å². The molecule has 1 aliphatic heterocycles. The van der Waals surface area contributed by atoms with E-state index in [9.17, 15) is 4.79 Å². The Labute approximate surface area is 121 Å². The topological polar surface area (TPSA) is 41.1 Å². The van der Waals surface area contributed by atoms with E-state index in [0.717, 1.165) is 30.8 Å². The van der Waals surface area contributed by atoms with Crippen molar-refractivity contribution in [1.29, 1.82) is 0 Å². The first-order valence-electron chi connectivity index (χ1n) is 6.73. The van der Waals surface area contributed by atoms with Crippen LogP contribution >= 0.6 is 12.4 Å². The van der Waals surface area contributed by atoms with Gasteiger partial charge in [0.25, 0.3) is 0 Å². The fraction of sp³-hybridized carbons (Fsp3) is 0.533. The fourth-order valence-electron chi connectivity index (χ4n) is 2.32. The molecule has 1 aromatic rings. The number of amides is 1. The van der Waals surface area contributed by atoms with Crippen LogP contribution in [0, 0.1) is 18.8 Å². The van der Waals surface area contributed by atoms with Crippen molar-refractivity contribution in [3.05, 3.63) is 29.3 Å². The quantitative estimate of drug-likeness (QED) is 0.892. The molecular formula is C15H23ClN2O. The number of rotatable bonds is 4. The molecular weight excluding hydrogens is 260 g/mol. The van der Waals surface area contributed by atoms with Gasteiger partial charge in [-0.3, -0.25) is 4.79 Å². The average Bonchev–Trinajstić information content (AvgIpc) is 2.29. The van der Waals surface area contributed by atoms with Gasteiger partial charge in [-0.25, -0.2) is 0 Å². The average molecular weight is 283 g/mol. The predicted octanol–water partition coefficient (Wildman–Crippen LogP) is 2.77. The van der Waals surface area contributed by atoms with Gasteiger partial charge in [0.1, 0.15) is 0 Å². The molecule has 1 unspecified atom stereocenters. The number of anilines is 1. The Morgan fingerprint density at radius 2 is 2.16 bits per heavy atom. The molecule has 0 radical (unpaired) electrons. The van der Waals surface area contributed by atoms with E-state index in [0.29, 0.717) is 5.92 Å². The SMILES string of the molecule is CCc1cccc(C)c1NC(=O)C(C)C1CNC1.Cl. The Morgan fingerprint density at radius 3 is 2.68 bits per heavy atom. The van der Waals surface area contributed by atoms with Crippen LogP contribution in [0.25, 0.3) is 0 Å². The second-order valence-corrected chi connectivity index (χ2v) is 5.16. The number of halogens is 1. The molecule has 19 heavy (non-hydrogen) atoms. The molecule has 3 nitrogen and oxygen atoms in total. The van der Waals surface area contributed by atoms with Crippen molar-refractivity contribution in [3.8, 4) is 0 Å². The lowest BCUT2D eigenvalue weighted by atomic mass is 9.88. The van der Waals surface area contributed by atoms with Crippen LogP contribution in [0.4, 0.5) is 5.69 Å². The van der Waals surface area contributed by atoms with E-state index < -0.39 is 0 Å². The molecule has 1 aromatic carbocycles. The van der Waals surface area contributed by atoms with Gasteiger partial charge in [0.15, 0.2) is 0 Å². The molecule has 1 aliphatic rings. The summed E-state index contributed by atoms with van der Waals surface area (Å²) in [4.78, 5) is 12.2. The lowest BCUT2D eigenvalue weighted by molar-refractivity contribution is -0.121. The molecule has 0 bridgehead atoms. The van der Waals surface area contributed by atoms with Crippen LogP contribution in [0.15, 0.2) is 18.2 Å². The molecule has 2 rings (SSSR count). The Kier molecular flexibility index (Phi) is 5.83. The summed E-state index contributed by atoms with van der Waals surface area (Å²) in [5.41, 5.74) is 3.35. The summed E-state index contributed by atoms with van der Waals surface area (Å²) in [6.07, 6.45) is 0.941. The third kappa shape index (κ3) is 3.48. The minimum atomic E-state index is 0. The van der Waals surface area contributed by atoms with Crippen molar-refractivity contribution in [2.24, 2.45) is 11.8 Å². The highest BCUT2D eigenvalue weighted by Crippen LogP contribution is 2.24. The lowest BCUT2D eigenvalue weighted by Crippen LogP contribution is -2.48. The van der Waals surface area contributed by atoms with Crippen LogP contribution in [-0.2, 0) is 11.2 Å². The van der Waals surface area contributed by atoms with E-state index in [1.165, 1.54) is 5.56 Å². The molecule has 4 heteroatoms.